The SMILES string of the molecule is O=C(NC[C@@H]1CCCO1)NNC(=O)[C@@H]1CC(c2ccc(Cl)cc2Cl)=NO1. The Morgan fingerprint density at radius 3 is 2.85 bits per heavy atom. The second kappa shape index (κ2) is 8.57. The van der Waals surface area contributed by atoms with Crippen molar-refractivity contribution in [3.8, 4) is 0 Å². The summed E-state index contributed by atoms with van der Waals surface area (Å²) in [5.74, 6) is -0.513. The molecule has 3 N–H and O–H groups in total. The molecule has 2 aliphatic heterocycles. The van der Waals surface area contributed by atoms with E-state index in [0.29, 0.717) is 34.5 Å². The highest BCUT2D eigenvalue weighted by atomic mass is 35.5. The van der Waals surface area contributed by atoms with Crippen LogP contribution in [0.2, 0.25) is 10.0 Å². The van der Waals surface area contributed by atoms with Gasteiger partial charge in [-0.2, -0.15) is 0 Å². The van der Waals surface area contributed by atoms with Gasteiger partial charge < -0.3 is 14.9 Å². The maximum atomic E-state index is 12.1. The zero-order valence-corrected chi connectivity index (χ0v) is 15.3. The largest absolute Gasteiger partial charge is 0.382 e. The summed E-state index contributed by atoms with van der Waals surface area (Å²) in [5, 5.41) is 7.46. The van der Waals surface area contributed by atoms with Crippen LogP contribution in [0.3, 0.4) is 0 Å². The molecular weight excluding hydrogens is 383 g/mol. The van der Waals surface area contributed by atoms with Crippen LogP contribution in [0.5, 0.6) is 0 Å². The molecule has 10 heteroatoms. The van der Waals surface area contributed by atoms with Crippen LogP contribution in [-0.4, -0.2) is 43.0 Å². The monoisotopic (exact) mass is 400 g/mol. The Labute approximate surface area is 160 Å². The van der Waals surface area contributed by atoms with Gasteiger partial charge in [0.25, 0.3) is 5.91 Å². The lowest BCUT2D eigenvalue weighted by atomic mass is 10.0. The summed E-state index contributed by atoms with van der Waals surface area (Å²) in [6, 6.07) is 4.46. The maximum Gasteiger partial charge on any atom is 0.333 e. The van der Waals surface area contributed by atoms with Crippen molar-refractivity contribution in [2.75, 3.05) is 13.2 Å². The van der Waals surface area contributed by atoms with Gasteiger partial charge in [-0.25, -0.2) is 10.2 Å². The summed E-state index contributed by atoms with van der Waals surface area (Å²) in [4.78, 5) is 28.9. The number of carbonyl (C=O) groups is 2. The van der Waals surface area contributed by atoms with E-state index in [1.54, 1.807) is 18.2 Å². The molecular formula is C16H18Cl2N4O4. The molecule has 0 radical (unpaired) electrons. The van der Waals surface area contributed by atoms with E-state index in [2.05, 4.69) is 21.3 Å². The number of hydrazine groups is 1. The van der Waals surface area contributed by atoms with E-state index in [1.807, 2.05) is 0 Å². The first kappa shape index (κ1) is 18.8. The first-order chi connectivity index (χ1) is 12.5. The Balaban J connectivity index is 1.42. The molecule has 1 aromatic carbocycles. The zero-order valence-electron chi connectivity index (χ0n) is 13.8. The van der Waals surface area contributed by atoms with Crippen molar-refractivity contribution in [3.63, 3.8) is 0 Å². The van der Waals surface area contributed by atoms with Crippen molar-refractivity contribution >= 4 is 40.9 Å². The Morgan fingerprint density at radius 2 is 2.12 bits per heavy atom. The van der Waals surface area contributed by atoms with Gasteiger partial charge >= 0.3 is 6.03 Å². The average molecular weight is 401 g/mol. The van der Waals surface area contributed by atoms with Gasteiger partial charge in [0.1, 0.15) is 0 Å². The number of rotatable bonds is 4. The average Bonchev–Trinajstić information content (AvgIpc) is 3.29. The van der Waals surface area contributed by atoms with E-state index in [0.717, 1.165) is 12.8 Å². The maximum absolute atomic E-state index is 12.1. The fourth-order valence-electron chi connectivity index (χ4n) is 2.66. The quantitative estimate of drug-likeness (QED) is 0.672. The molecule has 0 aromatic heterocycles. The Hall–Kier alpha value is -2.03. The molecule has 1 fully saturated rings. The van der Waals surface area contributed by atoms with Gasteiger partial charge in [0, 0.05) is 30.2 Å². The topological polar surface area (TPSA) is 101 Å². The van der Waals surface area contributed by atoms with E-state index in [4.69, 9.17) is 32.8 Å². The molecule has 26 heavy (non-hydrogen) atoms. The minimum absolute atomic E-state index is 0.0229. The van der Waals surface area contributed by atoms with Crippen LogP contribution in [0, 0.1) is 0 Å². The van der Waals surface area contributed by atoms with Crippen LogP contribution < -0.4 is 16.2 Å². The molecule has 1 saturated heterocycles. The van der Waals surface area contributed by atoms with Crippen LogP contribution in [0.25, 0.3) is 0 Å². The Morgan fingerprint density at radius 1 is 1.27 bits per heavy atom. The molecule has 2 atom stereocenters. The minimum atomic E-state index is -0.852. The smallest absolute Gasteiger partial charge is 0.333 e. The molecule has 1 aromatic rings. The van der Waals surface area contributed by atoms with Crippen LogP contribution >= 0.6 is 23.2 Å². The van der Waals surface area contributed by atoms with Crippen molar-refractivity contribution in [1.82, 2.24) is 16.2 Å². The van der Waals surface area contributed by atoms with Gasteiger partial charge in [0.15, 0.2) is 0 Å². The molecule has 0 spiro atoms. The molecule has 2 heterocycles. The van der Waals surface area contributed by atoms with Crippen molar-refractivity contribution in [2.24, 2.45) is 5.16 Å². The fourth-order valence-corrected chi connectivity index (χ4v) is 3.17. The number of nitrogens with one attached hydrogen (secondary N) is 3. The predicted octanol–water partition coefficient (Wildman–Crippen LogP) is 2.00. The highest BCUT2D eigenvalue weighted by Gasteiger charge is 2.30. The molecule has 0 aliphatic carbocycles. The lowest BCUT2D eigenvalue weighted by molar-refractivity contribution is -0.131. The highest BCUT2D eigenvalue weighted by Crippen LogP contribution is 2.25. The van der Waals surface area contributed by atoms with E-state index in [1.165, 1.54) is 0 Å². The molecule has 0 bridgehead atoms. The van der Waals surface area contributed by atoms with Gasteiger partial charge in [-0.1, -0.05) is 34.4 Å². The third-order valence-electron chi connectivity index (χ3n) is 4.02. The van der Waals surface area contributed by atoms with E-state index in [9.17, 15) is 9.59 Å². The standard InChI is InChI=1S/C16H18Cl2N4O4/c17-9-3-4-11(12(18)6-9)13-7-14(26-22-13)15(23)20-21-16(24)19-8-10-2-1-5-25-10/h3-4,6,10,14H,1-2,5,7-8H2,(H,20,23)(H2,19,21,24)/t10-,14-/m0/s1. The molecule has 3 amide bonds. The van der Waals surface area contributed by atoms with Crippen molar-refractivity contribution < 1.29 is 19.2 Å². The van der Waals surface area contributed by atoms with Crippen LogP contribution in [0.4, 0.5) is 4.79 Å². The number of halogens is 2. The van der Waals surface area contributed by atoms with Gasteiger partial charge in [-0.3, -0.25) is 10.2 Å². The van der Waals surface area contributed by atoms with Crippen LogP contribution in [0.15, 0.2) is 23.4 Å². The summed E-state index contributed by atoms with van der Waals surface area (Å²) in [6.45, 7) is 1.10. The van der Waals surface area contributed by atoms with E-state index < -0.39 is 18.0 Å². The lowest BCUT2D eigenvalue weighted by Crippen LogP contribution is -2.51. The predicted molar refractivity (Wildman–Crippen MR) is 96.1 cm³/mol. The molecule has 3 rings (SSSR count). The molecule has 0 unspecified atom stereocenters. The third kappa shape index (κ3) is 4.78. The summed E-state index contributed by atoms with van der Waals surface area (Å²) < 4.78 is 5.40. The second-order valence-corrected chi connectivity index (χ2v) is 6.76. The second-order valence-electron chi connectivity index (χ2n) is 5.92. The number of nitrogens with zero attached hydrogens (tertiary/aromatic N) is 1. The Kier molecular flexibility index (Phi) is 6.18. The van der Waals surface area contributed by atoms with Gasteiger partial charge in [0.2, 0.25) is 6.10 Å². The van der Waals surface area contributed by atoms with Gasteiger partial charge in [0.05, 0.1) is 16.8 Å². The zero-order chi connectivity index (χ0) is 18.5. The molecule has 0 saturated carbocycles. The summed E-state index contributed by atoms with van der Waals surface area (Å²) in [6.07, 6.45) is 1.30. The molecule has 140 valence electrons. The molecule has 8 nitrogen and oxygen atoms in total. The first-order valence-corrected chi connectivity index (χ1v) is 8.92. The van der Waals surface area contributed by atoms with E-state index in [-0.39, 0.29) is 12.5 Å². The number of benzene rings is 1. The van der Waals surface area contributed by atoms with Crippen molar-refractivity contribution in [2.45, 2.75) is 31.5 Å². The highest BCUT2D eigenvalue weighted by molar-refractivity contribution is 6.37. The van der Waals surface area contributed by atoms with Crippen molar-refractivity contribution in [1.29, 1.82) is 0 Å². The van der Waals surface area contributed by atoms with Gasteiger partial charge in [-0.15, -0.1) is 0 Å². The van der Waals surface area contributed by atoms with E-state index >= 15 is 0 Å². The summed E-state index contributed by atoms with van der Waals surface area (Å²) in [5.41, 5.74) is 5.76. The number of ether oxygens (including phenoxy) is 1. The number of urea groups is 1. The Bertz CT molecular complexity index is 722. The van der Waals surface area contributed by atoms with Gasteiger partial charge in [-0.05, 0) is 25.0 Å². The van der Waals surface area contributed by atoms with Crippen LogP contribution in [0.1, 0.15) is 24.8 Å². The normalized spacial score (nSPS) is 21.7. The number of oxime groups is 1. The molecule has 2 aliphatic rings. The summed E-state index contributed by atoms with van der Waals surface area (Å²) >= 11 is 12.0. The number of amides is 3. The number of carbonyl (C=O) groups excluding carboxylic acids is 2. The number of hydrogen-bond donors (Lipinski definition) is 3. The van der Waals surface area contributed by atoms with Crippen LogP contribution in [-0.2, 0) is 14.4 Å². The lowest BCUT2D eigenvalue weighted by Gasteiger charge is -2.13. The fraction of sp³-hybridized carbons (Fsp3) is 0.438. The minimum Gasteiger partial charge on any atom is -0.382 e. The first-order valence-electron chi connectivity index (χ1n) is 8.16. The van der Waals surface area contributed by atoms with Crippen molar-refractivity contribution in [3.05, 3.63) is 33.8 Å². The number of hydrogen-bond acceptors (Lipinski definition) is 5. The third-order valence-corrected chi connectivity index (χ3v) is 4.56. The summed E-state index contributed by atoms with van der Waals surface area (Å²) in [7, 11) is 0.